The lowest BCUT2D eigenvalue weighted by molar-refractivity contribution is -0.386. The summed E-state index contributed by atoms with van der Waals surface area (Å²) in [7, 11) is 0. The van der Waals surface area contributed by atoms with Crippen LogP contribution in [0, 0.1) is 10.1 Å². The Bertz CT molecular complexity index is 809. The molecular formula is C17H15ClN2O5. The van der Waals surface area contributed by atoms with Gasteiger partial charge in [-0.15, -0.1) is 0 Å². The number of amides is 1. The second kappa shape index (κ2) is 8.25. The second-order valence-corrected chi connectivity index (χ2v) is 5.58. The highest BCUT2D eigenvalue weighted by molar-refractivity contribution is 6.31. The van der Waals surface area contributed by atoms with Crippen molar-refractivity contribution in [3.63, 3.8) is 0 Å². The van der Waals surface area contributed by atoms with Crippen LogP contribution in [0.5, 0.6) is 5.75 Å². The SMILES string of the molecule is C[C@@H](Oc1ccc(C=O)cc1[N+](=O)[O-])C(=O)NCc1ccccc1Cl. The van der Waals surface area contributed by atoms with E-state index in [2.05, 4.69) is 5.32 Å². The fraction of sp³-hybridized carbons (Fsp3) is 0.176. The van der Waals surface area contributed by atoms with Crippen molar-refractivity contribution in [2.45, 2.75) is 19.6 Å². The van der Waals surface area contributed by atoms with Gasteiger partial charge in [-0.2, -0.15) is 0 Å². The summed E-state index contributed by atoms with van der Waals surface area (Å²) in [5.41, 5.74) is 0.510. The zero-order valence-corrected chi connectivity index (χ0v) is 14.0. The zero-order chi connectivity index (χ0) is 18.4. The molecule has 0 saturated heterocycles. The molecule has 0 saturated carbocycles. The summed E-state index contributed by atoms with van der Waals surface area (Å²) in [6.07, 6.45) is -0.473. The molecule has 1 N–H and O–H groups in total. The number of benzene rings is 2. The molecule has 2 rings (SSSR count). The Morgan fingerprint density at radius 3 is 2.72 bits per heavy atom. The third-order valence-corrected chi connectivity index (χ3v) is 3.77. The first-order valence-corrected chi connectivity index (χ1v) is 7.71. The zero-order valence-electron chi connectivity index (χ0n) is 13.3. The van der Waals surface area contributed by atoms with E-state index in [4.69, 9.17) is 16.3 Å². The molecule has 0 aromatic heterocycles. The van der Waals surface area contributed by atoms with Crippen LogP contribution in [0.4, 0.5) is 5.69 Å². The number of nitrogens with one attached hydrogen (secondary N) is 1. The largest absolute Gasteiger partial charge is 0.474 e. The van der Waals surface area contributed by atoms with Crippen LogP contribution >= 0.6 is 11.6 Å². The van der Waals surface area contributed by atoms with Gasteiger partial charge in [-0.1, -0.05) is 29.8 Å². The number of nitrogens with zero attached hydrogens (tertiary/aromatic N) is 1. The van der Waals surface area contributed by atoms with Gasteiger partial charge in [0.25, 0.3) is 5.91 Å². The van der Waals surface area contributed by atoms with Gasteiger partial charge in [0.2, 0.25) is 0 Å². The van der Waals surface area contributed by atoms with Gasteiger partial charge >= 0.3 is 5.69 Å². The molecule has 0 radical (unpaired) electrons. The van der Waals surface area contributed by atoms with Crippen molar-refractivity contribution in [1.82, 2.24) is 5.32 Å². The minimum absolute atomic E-state index is 0.0870. The van der Waals surface area contributed by atoms with Crippen LogP contribution in [-0.4, -0.2) is 23.2 Å². The Morgan fingerprint density at radius 2 is 2.08 bits per heavy atom. The van der Waals surface area contributed by atoms with E-state index in [1.807, 2.05) is 0 Å². The van der Waals surface area contributed by atoms with Gasteiger partial charge < -0.3 is 10.1 Å². The fourth-order valence-electron chi connectivity index (χ4n) is 2.06. The van der Waals surface area contributed by atoms with Crippen LogP contribution in [0.3, 0.4) is 0 Å². The number of carbonyl (C=O) groups is 2. The smallest absolute Gasteiger partial charge is 0.311 e. The highest BCUT2D eigenvalue weighted by Gasteiger charge is 2.21. The molecule has 0 heterocycles. The van der Waals surface area contributed by atoms with E-state index in [-0.39, 0.29) is 23.5 Å². The number of ether oxygens (including phenoxy) is 1. The topological polar surface area (TPSA) is 98.5 Å². The Labute approximate surface area is 148 Å². The van der Waals surface area contributed by atoms with Crippen LogP contribution in [0.1, 0.15) is 22.8 Å². The van der Waals surface area contributed by atoms with Gasteiger partial charge in [0.05, 0.1) is 4.92 Å². The molecule has 7 nitrogen and oxygen atoms in total. The summed E-state index contributed by atoms with van der Waals surface area (Å²) < 4.78 is 5.38. The van der Waals surface area contributed by atoms with E-state index >= 15 is 0 Å². The van der Waals surface area contributed by atoms with Gasteiger partial charge in [0.1, 0.15) is 6.29 Å². The molecule has 0 fully saturated rings. The lowest BCUT2D eigenvalue weighted by Crippen LogP contribution is -2.36. The molecule has 1 atom stereocenters. The molecule has 1 amide bonds. The van der Waals surface area contributed by atoms with Crippen molar-refractivity contribution in [3.05, 3.63) is 68.7 Å². The van der Waals surface area contributed by atoms with Crippen molar-refractivity contribution < 1.29 is 19.2 Å². The molecule has 0 aliphatic heterocycles. The second-order valence-electron chi connectivity index (χ2n) is 5.17. The molecule has 25 heavy (non-hydrogen) atoms. The number of hydrogen-bond donors (Lipinski definition) is 1. The first-order chi connectivity index (χ1) is 11.9. The van der Waals surface area contributed by atoms with Gasteiger partial charge in [-0.25, -0.2) is 0 Å². The molecule has 0 aliphatic rings. The van der Waals surface area contributed by atoms with E-state index in [0.29, 0.717) is 11.3 Å². The Kier molecular flexibility index (Phi) is 6.08. The highest BCUT2D eigenvalue weighted by atomic mass is 35.5. The molecule has 130 valence electrons. The molecule has 2 aromatic carbocycles. The molecule has 0 spiro atoms. The highest BCUT2D eigenvalue weighted by Crippen LogP contribution is 2.28. The molecule has 0 bridgehead atoms. The van der Waals surface area contributed by atoms with Gasteiger partial charge in [-0.3, -0.25) is 19.7 Å². The summed E-state index contributed by atoms with van der Waals surface area (Å²) >= 11 is 6.02. The summed E-state index contributed by atoms with van der Waals surface area (Å²) in [6, 6.07) is 10.8. The molecule has 0 aliphatic carbocycles. The number of hydrogen-bond acceptors (Lipinski definition) is 5. The first kappa shape index (κ1) is 18.4. The molecule has 0 unspecified atom stereocenters. The summed E-state index contributed by atoms with van der Waals surface area (Å²) in [5, 5.41) is 14.3. The number of nitro benzene ring substituents is 1. The average molecular weight is 363 g/mol. The maximum absolute atomic E-state index is 12.1. The normalized spacial score (nSPS) is 11.4. The van der Waals surface area contributed by atoms with Crippen molar-refractivity contribution >= 4 is 29.5 Å². The lowest BCUT2D eigenvalue weighted by atomic mass is 10.2. The number of nitro groups is 1. The summed E-state index contributed by atoms with van der Waals surface area (Å²) in [6.45, 7) is 1.68. The van der Waals surface area contributed by atoms with Crippen LogP contribution < -0.4 is 10.1 Å². The fourth-order valence-corrected chi connectivity index (χ4v) is 2.26. The van der Waals surface area contributed by atoms with Crippen molar-refractivity contribution in [1.29, 1.82) is 0 Å². The quantitative estimate of drug-likeness (QED) is 0.463. The van der Waals surface area contributed by atoms with Crippen LogP contribution in [-0.2, 0) is 11.3 Å². The minimum Gasteiger partial charge on any atom is -0.474 e. The lowest BCUT2D eigenvalue weighted by Gasteiger charge is -2.15. The van der Waals surface area contributed by atoms with Crippen LogP contribution in [0.25, 0.3) is 0 Å². The van der Waals surface area contributed by atoms with E-state index in [0.717, 1.165) is 11.6 Å². The van der Waals surface area contributed by atoms with E-state index in [1.165, 1.54) is 19.1 Å². The average Bonchev–Trinajstić information content (AvgIpc) is 2.60. The summed E-state index contributed by atoms with van der Waals surface area (Å²) in [5.74, 6) is -0.537. The van der Waals surface area contributed by atoms with Gasteiger partial charge in [0.15, 0.2) is 11.9 Å². The number of aldehydes is 1. The van der Waals surface area contributed by atoms with E-state index in [9.17, 15) is 19.7 Å². The predicted molar refractivity (Wildman–Crippen MR) is 91.9 cm³/mol. The van der Waals surface area contributed by atoms with Gasteiger partial charge in [0, 0.05) is 23.2 Å². The Morgan fingerprint density at radius 1 is 1.36 bits per heavy atom. The first-order valence-electron chi connectivity index (χ1n) is 7.33. The van der Waals surface area contributed by atoms with Crippen LogP contribution in [0.15, 0.2) is 42.5 Å². The third kappa shape index (κ3) is 4.77. The predicted octanol–water partition coefficient (Wildman–Crippen LogP) is 3.14. The molecule has 2 aromatic rings. The number of halogens is 1. The van der Waals surface area contributed by atoms with Crippen LogP contribution in [0.2, 0.25) is 5.02 Å². The maximum Gasteiger partial charge on any atom is 0.311 e. The maximum atomic E-state index is 12.1. The molecule has 8 heteroatoms. The minimum atomic E-state index is -0.969. The van der Waals surface area contributed by atoms with Crippen molar-refractivity contribution in [3.8, 4) is 5.75 Å². The Balaban J connectivity index is 2.05. The van der Waals surface area contributed by atoms with E-state index < -0.39 is 16.9 Å². The Hall–Kier alpha value is -2.93. The standard InChI is InChI=1S/C17H15ClN2O5/c1-11(17(22)19-9-13-4-2-3-5-14(13)18)25-16-7-6-12(10-21)8-15(16)20(23)24/h2-8,10-11H,9H2,1H3,(H,19,22)/t11-/m1/s1. The van der Waals surface area contributed by atoms with Gasteiger partial charge in [-0.05, 0) is 30.7 Å². The third-order valence-electron chi connectivity index (χ3n) is 3.40. The molecular weight excluding hydrogens is 348 g/mol. The van der Waals surface area contributed by atoms with E-state index in [1.54, 1.807) is 24.3 Å². The summed E-state index contributed by atoms with van der Waals surface area (Å²) in [4.78, 5) is 33.3. The van der Waals surface area contributed by atoms with Crippen molar-refractivity contribution in [2.24, 2.45) is 0 Å². The van der Waals surface area contributed by atoms with Crippen molar-refractivity contribution in [2.75, 3.05) is 0 Å². The monoisotopic (exact) mass is 362 g/mol. The number of rotatable bonds is 7. The number of carbonyl (C=O) groups excluding carboxylic acids is 2.